The van der Waals surface area contributed by atoms with Crippen molar-refractivity contribution in [3.63, 3.8) is 0 Å². The Morgan fingerprint density at radius 1 is 0.438 bits per heavy atom. The van der Waals surface area contributed by atoms with Gasteiger partial charge in [0, 0.05) is 33.0 Å². The van der Waals surface area contributed by atoms with E-state index in [2.05, 4.69) is 12.1 Å². The standard InChI is InChI=1S/C28H14N2O2/c31-27-19-11-5-6-12-20(19)28(32)22-14-24-23(13-21(22)27)29-25-17-9-3-1-7-15(17)16-8-2-4-10-18(16)26(25)30-24/h1-14H. The molecule has 148 valence electrons. The maximum absolute atomic E-state index is 13.1. The van der Waals surface area contributed by atoms with Gasteiger partial charge in [0.05, 0.1) is 22.1 Å². The van der Waals surface area contributed by atoms with Crippen LogP contribution in [0, 0.1) is 0 Å². The third-order valence-corrected chi connectivity index (χ3v) is 6.36. The maximum Gasteiger partial charge on any atom is 0.194 e. The Kier molecular flexibility index (Phi) is 3.26. The van der Waals surface area contributed by atoms with Crippen molar-refractivity contribution in [1.82, 2.24) is 9.97 Å². The van der Waals surface area contributed by atoms with E-state index >= 15 is 0 Å². The average molecular weight is 410 g/mol. The molecule has 32 heavy (non-hydrogen) atoms. The van der Waals surface area contributed by atoms with Gasteiger partial charge in [-0.3, -0.25) is 9.59 Å². The van der Waals surface area contributed by atoms with E-state index in [1.807, 2.05) is 36.4 Å². The molecule has 0 radical (unpaired) electrons. The number of rotatable bonds is 0. The van der Waals surface area contributed by atoms with Gasteiger partial charge in [0.1, 0.15) is 0 Å². The molecule has 1 heterocycles. The fourth-order valence-corrected chi connectivity index (χ4v) is 4.87. The first kappa shape index (κ1) is 17.3. The van der Waals surface area contributed by atoms with E-state index in [0.29, 0.717) is 33.3 Å². The summed E-state index contributed by atoms with van der Waals surface area (Å²) in [5.74, 6) is -0.301. The molecule has 1 aliphatic carbocycles. The van der Waals surface area contributed by atoms with Crippen molar-refractivity contribution in [3.05, 3.63) is 107 Å². The molecule has 0 saturated carbocycles. The summed E-state index contributed by atoms with van der Waals surface area (Å²) in [6.45, 7) is 0. The second-order valence-corrected chi connectivity index (χ2v) is 8.10. The smallest absolute Gasteiger partial charge is 0.194 e. The molecule has 5 aromatic carbocycles. The van der Waals surface area contributed by atoms with Gasteiger partial charge in [0.15, 0.2) is 11.6 Å². The van der Waals surface area contributed by atoms with Crippen molar-refractivity contribution >= 4 is 55.2 Å². The highest BCUT2D eigenvalue weighted by Gasteiger charge is 2.30. The fourth-order valence-electron chi connectivity index (χ4n) is 4.87. The van der Waals surface area contributed by atoms with Gasteiger partial charge in [-0.25, -0.2) is 9.97 Å². The summed E-state index contributed by atoms with van der Waals surface area (Å²) in [5.41, 5.74) is 4.46. The van der Waals surface area contributed by atoms with Crippen molar-refractivity contribution < 1.29 is 9.59 Å². The fraction of sp³-hybridized carbons (Fsp3) is 0. The first-order valence-corrected chi connectivity index (χ1v) is 10.4. The molecule has 6 aromatic rings. The normalized spacial score (nSPS) is 13.1. The lowest BCUT2D eigenvalue weighted by molar-refractivity contribution is 0.0979. The van der Waals surface area contributed by atoms with Crippen LogP contribution in [0.1, 0.15) is 31.8 Å². The van der Waals surface area contributed by atoms with Crippen LogP contribution in [0.4, 0.5) is 0 Å². The predicted octanol–water partition coefficient (Wildman–Crippen LogP) is 5.86. The van der Waals surface area contributed by atoms with Crippen LogP contribution in [-0.4, -0.2) is 21.5 Å². The zero-order valence-corrected chi connectivity index (χ0v) is 16.8. The van der Waals surface area contributed by atoms with Gasteiger partial charge in [-0.05, 0) is 22.9 Å². The van der Waals surface area contributed by atoms with Gasteiger partial charge in [-0.2, -0.15) is 0 Å². The molecule has 0 fully saturated rings. The Balaban J connectivity index is 1.62. The van der Waals surface area contributed by atoms with E-state index in [0.717, 1.165) is 32.6 Å². The second kappa shape index (κ2) is 6.05. The summed E-state index contributed by atoms with van der Waals surface area (Å²) in [5, 5.41) is 4.26. The van der Waals surface area contributed by atoms with Crippen LogP contribution in [0.15, 0.2) is 84.9 Å². The number of ketones is 2. The quantitative estimate of drug-likeness (QED) is 0.232. The van der Waals surface area contributed by atoms with E-state index in [1.165, 1.54) is 0 Å². The van der Waals surface area contributed by atoms with Crippen molar-refractivity contribution in [2.24, 2.45) is 0 Å². The summed E-state index contributed by atoms with van der Waals surface area (Å²) >= 11 is 0. The topological polar surface area (TPSA) is 59.9 Å². The highest BCUT2D eigenvalue weighted by atomic mass is 16.1. The van der Waals surface area contributed by atoms with Gasteiger partial charge in [-0.15, -0.1) is 0 Å². The van der Waals surface area contributed by atoms with Crippen molar-refractivity contribution in [2.45, 2.75) is 0 Å². The van der Waals surface area contributed by atoms with Gasteiger partial charge in [-0.1, -0.05) is 72.8 Å². The Hall–Kier alpha value is -4.44. The summed E-state index contributed by atoms with van der Waals surface area (Å²) < 4.78 is 0. The first-order chi connectivity index (χ1) is 15.7. The number of carbonyl (C=O) groups excluding carboxylic acids is 2. The van der Waals surface area contributed by atoms with Crippen LogP contribution in [0.5, 0.6) is 0 Å². The van der Waals surface area contributed by atoms with E-state index in [4.69, 9.17) is 9.97 Å². The highest BCUT2D eigenvalue weighted by Crippen LogP contribution is 2.35. The molecule has 1 aliphatic rings. The molecule has 0 spiro atoms. The summed E-state index contributed by atoms with van der Waals surface area (Å²) in [6.07, 6.45) is 0. The minimum absolute atomic E-state index is 0.151. The van der Waals surface area contributed by atoms with Crippen LogP contribution >= 0.6 is 0 Å². The molecule has 0 aliphatic heterocycles. The van der Waals surface area contributed by atoms with E-state index in [1.54, 1.807) is 36.4 Å². The molecule has 0 bridgehead atoms. The number of aromatic nitrogens is 2. The van der Waals surface area contributed by atoms with E-state index < -0.39 is 0 Å². The van der Waals surface area contributed by atoms with Crippen LogP contribution in [0.3, 0.4) is 0 Å². The monoisotopic (exact) mass is 410 g/mol. The largest absolute Gasteiger partial charge is 0.289 e. The second-order valence-electron chi connectivity index (χ2n) is 8.10. The number of hydrogen-bond acceptors (Lipinski definition) is 4. The minimum Gasteiger partial charge on any atom is -0.289 e. The lowest BCUT2D eigenvalue weighted by Crippen LogP contribution is -2.20. The Bertz CT molecular complexity index is 1690. The Morgan fingerprint density at radius 2 is 0.812 bits per heavy atom. The number of nitrogens with zero attached hydrogens (tertiary/aromatic N) is 2. The molecule has 0 unspecified atom stereocenters. The third kappa shape index (κ3) is 2.16. The predicted molar refractivity (Wildman–Crippen MR) is 125 cm³/mol. The van der Waals surface area contributed by atoms with E-state index in [9.17, 15) is 9.59 Å². The molecule has 0 saturated heterocycles. The van der Waals surface area contributed by atoms with Gasteiger partial charge in [0.2, 0.25) is 0 Å². The van der Waals surface area contributed by atoms with Crippen LogP contribution in [0.2, 0.25) is 0 Å². The molecular formula is C28H14N2O2. The highest BCUT2D eigenvalue weighted by molar-refractivity contribution is 6.30. The SMILES string of the molecule is O=C1c2ccccc2C(=O)c2cc3nc4c5ccccc5c5ccccc5c4nc3cc21. The molecule has 0 atom stereocenters. The number of carbonyl (C=O) groups is 2. The molecule has 4 nitrogen and oxygen atoms in total. The van der Waals surface area contributed by atoms with Crippen molar-refractivity contribution in [1.29, 1.82) is 0 Å². The molecule has 7 rings (SSSR count). The zero-order valence-electron chi connectivity index (χ0n) is 16.8. The zero-order chi connectivity index (χ0) is 21.4. The van der Waals surface area contributed by atoms with Crippen LogP contribution in [-0.2, 0) is 0 Å². The molecule has 1 aromatic heterocycles. The van der Waals surface area contributed by atoms with Crippen molar-refractivity contribution in [2.75, 3.05) is 0 Å². The van der Waals surface area contributed by atoms with Gasteiger partial charge >= 0.3 is 0 Å². The average Bonchev–Trinajstić information content (AvgIpc) is 2.85. The Labute approximate surface area is 182 Å². The molecular weight excluding hydrogens is 396 g/mol. The number of fused-ring (bicyclic) bond motifs is 9. The van der Waals surface area contributed by atoms with Gasteiger partial charge < -0.3 is 0 Å². The molecule has 4 heteroatoms. The first-order valence-electron chi connectivity index (χ1n) is 10.4. The minimum atomic E-state index is -0.151. The van der Waals surface area contributed by atoms with Gasteiger partial charge in [0.25, 0.3) is 0 Å². The molecule has 0 N–H and O–H groups in total. The number of hydrogen-bond donors (Lipinski definition) is 0. The maximum atomic E-state index is 13.1. The summed E-state index contributed by atoms with van der Waals surface area (Å²) in [4.78, 5) is 36.2. The van der Waals surface area contributed by atoms with Crippen LogP contribution in [0.25, 0.3) is 43.6 Å². The summed E-state index contributed by atoms with van der Waals surface area (Å²) in [6, 6.07) is 26.7. The summed E-state index contributed by atoms with van der Waals surface area (Å²) in [7, 11) is 0. The number of benzene rings is 5. The Morgan fingerprint density at radius 3 is 1.25 bits per heavy atom. The lowest BCUT2D eigenvalue weighted by atomic mass is 9.84. The third-order valence-electron chi connectivity index (χ3n) is 6.36. The molecule has 0 amide bonds. The van der Waals surface area contributed by atoms with E-state index in [-0.39, 0.29) is 11.6 Å². The van der Waals surface area contributed by atoms with Crippen molar-refractivity contribution in [3.8, 4) is 0 Å². The van der Waals surface area contributed by atoms with Crippen LogP contribution < -0.4 is 0 Å². The lowest BCUT2D eigenvalue weighted by Gasteiger charge is -2.18.